The van der Waals surface area contributed by atoms with Gasteiger partial charge < -0.3 is 8.98 Å². The smallest absolute Gasteiger partial charge is 0.177 e. The van der Waals surface area contributed by atoms with Crippen molar-refractivity contribution in [2.45, 2.75) is 0 Å². The van der Waals surface area contributed by atoms with Crippen LogP contribution in [0.3, 0.4) is 0 Å². The van der Waals surface area contributed by atoms with Crippen molar-refractivity contribution in [1.29, 1.82) is 0 Å². The van der Waals surface area contributed by atoms with Gasteiger partial charge in [-0.25, -0.2) is 4.98 Å². The second-order valence-corrected chi connectivity index (χ2v) is 4.63. The number of aromatic nitrogens is 2. The number of nitrogens with zero attached hydrogens (tertiary/aromatic N) is 2. The zero-order valence-corrected chi connectivity index (χ0v) is 10.5. The predicted molar refractivity (Wildman–Crippen MR) is 75.9 cm³/mol. The van der Waals surface area contributed by atoms with E-state index < -0.39 is 0 Å². The van der Waals surface area contributed by atoms with Gasteiger partial charge in [-0.3, -0.25) is 0 Å². The molecule has 0 unspecified atom stereocenters. The summed E-state index contributed by atoms with van der Waals surface area (Å²) in [5.74, 6) is 1.66. The number of benzene rings is 2. The zero-order chi connectivity index (χ0) is 12.8. The molecule has 2 aromatic carbocycles. The van der Waals surface area contributed by atoms with Crippen LogP contribution in [-0.4, -0.2) is 9.55 Å². The molecule has 3 heteroatoms. The van der Waals surface area contributed by atoms with E-state index in [9.17, 15) is 0 Å². The molecule has 0 saturated carbocycles. The van der Waals surface area contributed by atoms with Crippen LogP contribution in [-0.2, 0) is 7.05 Å². The molecule has 92 valence electrons. The topological polar surface area (TPSA) is 31.0 Å². The molecule has 0 N–H and O–H groups in total. The first-order valence-corrected chi connectivity index (χ1v) is 6.23. The van der Waals surface area contributed by atoms with Crippen LogP contribution in [0.25, 0.3) is 33.6 Å². The van der Waals surface area contributed by atoms with Crippen molar-refractivity contribution in [3.63, 3.8) is 0 Å². The van der Waals surface area contributed by atoms with Gasteiger partial charge in [0, 0.05) is 12.4 Å². The SMILES string of the molecule is Cn1c(-c2cc3ccccc3o2)nc2ccccc21. The summed E-state index contributed by atoms with van der Waals surface area (Å²) >= 11 is 0. The van der Waals surface area contributed by atoms with Gasteiger partial charge in [-0.05, 0) is 24.3 Å². The Bertz CT molecular complexity index is 853. The van der Waals surface area contributed by atoms with Gasteiger partial charge in [0.2, 0.25) is 0 Å². The van der Waals surface area contributed by atoms with Gasteiger partial charge >= 0.3 is 0 Å². The molecule has 0 amide bonds. The molecule has 0 fully saturated rings. The van der Waals surface area contributed by atoms with Crippen molar-refractivity contribution >= 4 is 22.0 Å². The highest BCUT2D eigenvalue weighted by Crippen LogP contribution is 2.28. The highest BCUT2D eigenvalue weighted by atomic mass is 16.3. The third-order valence-corrected chi connectivity index (χ3v) is 3.43. The summed E-state index contributed by atoms with van der Waals surface area (Å²) in [6.07, 6.45) is 0. The number of hydrogen-bond donors (Lipinski definition) is 0. The Morgan fingerprint density at radius 1 is 1.00 bits per heavy atom. The molecule has 0 atom stereocenters. The average molecular weight is 248 g/mol. The van der Waals surface area contributed by atoms with Crippen LogP contribution in [0.15, 0.2) is 59.0 Å². The first-order chi connectivity index (χ1) is 9.33. The average Bonchev–Trinajstić information content (AvgIpc) is 3.00. The van der Waals surface area contributed by atoms with Crippen LogP contribution in [0.1, 0.15) is 0 Å². The van der Waals surface area contributed by atoms with Crippen molar-refractivity contribution < 1.29 is 4.42 Å². The lowest BCUT2D eigenvalue weighted by atomic mass is 10.2. The number of aryl methyl sites for hydroxylation is 1. The fourth-order valence-corrected chi connectivity index (χ4v) is 2.46. The molecule has 0 aliphatic rings. The van der Waals surface area contributed by atoms with Crippen molar-refractivity contribution in [2.75, 3.05) is 0 Å². The van der Waals surface area contributed by atoms with E-state index in [-0.39, 0.29) is 0 Å². The van der Waals surface area contributed by atoms with Gasteiger partial charge in [0.05, 0.1) is 11.0 Å². The Balaban J connectivity index is 2.01. The molecule has 4 aromatic rings. The fraction of sp³-hybridized carbons (Fsp3) is 0.0625. The van der Waals surface area contributed by atoms with Crippen LogP contribution in [0.4, 0.5) is 0 Å². The van der Waals surface area contributed by atoms with E-state index in [4.69, 9.17) is 4.42 Å². The molecule has 0 aliphatic heterocycles. The number of rotatable bonds is 1. The number of para-hydroxylation sites is 3. The lowest BCUT2D eigenvalue weighted by Gasteiger charge is -1.97. The molecular weight excluding hydrogens is 236 g/mol. The minimum absolute atomic E-state index is 0.805. The number of hydrogen-bond acceptors (Lipinski definition) is 2. The molecule has 3 nitrogen and oxygen atoms in total. The monoisotopic (exact) mass is 248 g/mol. The van der Waals surface area contributed by atoms with Gasteiger partial charge in [0.25, 0.3) is 0 Å². The summed E-state index contributed by atoms with van der Waals surface area (Å²) in [7, 11) is 2.01. The standard InChI is InChI=1S/C16H12N2O/c1-18-13-8-4-3-7-12(13)17-16(18)15-10-11-6-2-5-9-14(11)19-15/h2-10H,1H3. The molecule has 19 heavy (non-hydrogen) atoms. The maximum atomic E-state index is 5.88. The Labute approximate surface area is 110 Å². The summed E-state index contributed by atoms with van der Waals surface area (Å²) in [6, 6.07) is 18.1. The molecule has 0 aliphatic carbocycles. The Hall–Kier alpha value is -2.55. The highest BCUT2D eigenvalue weighted by Gasteiger charge is 2.13. The van der Waals surface area contributed by atoms with Crippen LogP contribution < -0.4 is 0 Å². The largest absolute Gasteiger partial charge is 0.453 e. The molecule has 0 spiro atoms. The molecule has 0 bridgehead atoms. The van der Waals surface area contributed by atoms with E-state index in [1.54, 1.807) is 0 Å². The van der Waals surface area contributed by atoms with E-state index in [1.807, 2.05) is 55.6 Å². The Morgan fingerprint density at radius 3 is 2.63 bits per heavy atom. The number of furan rings is 1. The van der Waals surface area contributed by atoms with E-state index in [1.165, 1.54) is 0 Å². The molecule has 2 heterocycles. The zero-order valence-electron chi connectivity index (χ0n) is 10.5. The Kier molecular flexibility index (Phi) is 2.03. The summed E-state index contributed by atoms with van der Waals surface area (Å²) in [4.78, 5) is 4.65. The summed E-state index contributed by atoms with van der Waals surface area (Å²) in [6.45, 7) is 0. The quantitative estimate of drug-likeness (QED) is 0.510. The maximum absolute atomic E-state index is 5.88. The highest BCUT2D eigenvalue weighted by molar-refractivity contribution is 5.84. The number of fused-ring (bicyclic) bond motifs is 2. The van der Waals surface area contributed by atoms with E-state index in [0.717, 1.165) is 33.6 Å². The molecular formula is C16H12N2O. The summed E-state index contributed by atoms with van der Waals surface area (Å²) in [5, 5.41) is 1.10. The maximum Gasteiger partial charge on any atom is 0.177 e. The minimum atomic E-state index is 0.805. The van der Waals surface area contributed by atoms with E-state index in [0.29, 0.717) is 0 Å². The first kappa shape index (κ1) is 10.4. The van der Waals surface area contributed by atoms with Crippen LogP contribution >= 0.6 is 0 Å². The lowest BCUT2D eigenvalue weighted by Crippen LogP contribution is -1.90. The number of imidazole rings is 1. The van der Waals surface area contributed by atoms with Crippen molar-refractivity contribution in [3.05, 3.63) is 54.6 Å². The van der Waals surface area contributed by atoms with Crippen LogP contribution in [0, 0.1) is 0 Å². The lowest BCUT2D eigenvalue weighted by molar-refractivity contribution is 0.621. The Morgan fingerprint density at radius 2 is 1.79 bits per heavy atom. The molecule has 0 radical (unpaired) electrons. The normalized spacial score (nSPS) is 11.4. The predicted octanol–water partition coefficient (Wildman–Crippen LogP) is 3.99. The fourth-order valence-electron chi connectivity index (χ4n) is 2.46. The third-order valence-electron chi connectivity index (χ3n) is 3.43. The van der Waals surface area contributed by atoms with Gasteiger partial charge in [0.15, 0.2) is 11.6 Å². The van der Waals surface area contributed by atoms with Gasteiger partial charge in [-0.2, -0.15) is 0 Å². The summed E-state index contributed by atoms with van der Waals surface area (Å²) < 4.78 is 7.94. The van der Waals surface area contributed by atoms with Crippen molar-refractivity contribution in [1.82, 2.24) is 9.55 Å². The second-order valence-electron chi connectivity index (χ2n) is 4.63. The van der Waals surface area contributed by atoms with E-state index in [2.05, 4.69) is 15.6 Å². The molecule has 2 aromatic heterocycles. The molecule has 0 saturated heterocycles. The van der Waals surface area contributed by atoms with Crippen molar-refractivity contribution in [3.8, 4) is 11.6 Å². The van der Waals surface area contributed by atoms with Crippen LogP contribution in [0.5, 0.6) is 0 Å². The summed E-state index contributed by atoms with van der Waals surface area (Å²) in [5.41, 5.74) is 2.99. The van der Waals surface area contributed by atoms with Gasteiger partial charge in [-0.1, -0.05) is 30.3 Å². The second kappa shape index (κ2) is 3.72. The van der Waals surface area contributed by atoms with Gasteiger partial charge in [0.1, 0.15) is 5.58 Å². The third kappa shape index (κ3) is 1.48. The van der Waals surface area contributed by atoms with Gasteiger partial charge in [-0.15, -0.1) is 0 Å². The van der Waals surface area contributed by atoms with E-state index >= 15 is 0 Å². The minimum Gasteiger partial charge on any atom is -0.453 e. The molecule has 4 rings (SSSR count). The van der Waals surface area contributed by atoms with Crippen molar-refractivity contribution in [2.24, 2.45) is 7.05 Å². The van der Waals surface area contributed by atoms with Crippen LogP contribution in [0.2, 0.25) is 0 Å². The first-order valence-electron chi connectivity index (χ1n) is 6.23.